The number of H-pyrrole nitrogens is 1. The first kappa shape index (κ1) is 29.7. The van der Waals surface area contributed by atoms with E-state index in [1.807, 2.05) is 47.4 Å². The Morgan fingerprint density at radius 1 is 0.485 bits per heavy atom. The third-order valence-electron chi connectivity index (χ3n) is 4.45. The molecule has 33 heavy (non-hydrogen) atoms. The van der Waals surface area contributed by atoms with Crippen molar-refractivity contribution in [3.63, 3.8) is 0 Å². The number of aromatic nitrogens is 1. The fourth-order valence-electron chi connectivity index (χ4n) is 2.68. The van der Waals surface area contributed by atoms with Crippen LogP contribution in [0, 0.1) is 0 Å². The van der Waals surface area contributed by atoms with Crippen LogP contribution in [-0.2, 0) is 14.2 Å². The molecule has 0 atom stereocenters. The third kappa shape index (κ3) is 25.2. The Labute approximate surface area is 204 Å². The summed E-state index contributed by atoms with van der Waals surface area (Å²) in [6.07, 6.45) is 10.2. The van der Waals surface area contributed by atoms with Gasteiger partial charge in [-0.05, 0) is 81.2 Å². The lowest BCUT2D eigenvalue weighted by molar-refractivity contribution is 0.0848. The van der Waals surface area contributed by atoms with E-state index in [2.05, 4.69) is 26.3 Å². The summed E-state index contributed by atoms with van der Waals surface area (Å²) in [5.74, 6) is 0. The molecule has 190 valence electrons. The number of nitrogens with one attached hydrogen (secondary N) is 5. The molecular weight excluding hydrogens is 438 g/mol. The molecule has 0 aliphatic carbocycles. The summed E-state index contributed by atoms with van der Waals surface area (Å²) in [4.78, 5) is 2.86. The van der Waals surface area contributed by atoms with Crippen LogP contribution in [0.1, 0.15) is 32.1 Å². The quantitative estimate of drug-likeness (QED) is 0.393. The van der Waals surface area contributed by atoms with Gasteiger partial charge in [0.15, 0.2) is 0 Å². The van der Waals surface area contributed by atoms with Crippen molar-refractivity contribution in [2.24, 2.45) is 0 Å². The summed E-state index contributed by atoms with van der Waals surface area (Å²) >= 11 is 1.71. The maximum absolute atomic E-state index is 5.08. The Morgan fingerprint density at radius 3 is 1.36 bits per heavy atom. The van der Waals surface area contributed by atoms with Gasteiger partial charge in [-0.15, -0.1) is 0 Å². The first-order chi connectivity index (χ1) is 16.5. The Bertz CT molecular complexity index is 417. The van der Waals surface area contributed by atoms with Gasteiger partial charge in [-0.2, -0.15) is 11.3 Å². The lowest BCUT2D eigenvalue weighted by Crippen LogP contribution is -2.26. The monoisotopic (exact) mass is 483 g/mol. The molecule has 2 aromatic rings. The molecular formula is C24H45N5O3S. The minimum Gasteiger partial charge on any atom is -0.368 e. The van der Waals surface area contributed by atoms with Gasteiger partial charge in [-0.1, -0.05) is 12.1 Å². The maximum Gasteiger partial charge on any atom is 0.0966 e. The normalized spacial score (nSPS) is 19.2. The van der Waals surface area contributed by atoms with Crippen LogP contribution < -0.4 is 21.3 Å². The Morgan fingerprint density at radius 2 is 1.00 bits per heavy atom. The fourth-order valence-corrected chi connectivity index (χ4v) is 3.13. The van der Waals surface area contributed by atoms with Crippen LogP contribution in [0.3, 0.4) is 0 Å². The number of aromatic amines is 1. The van der Waals surface area contributed by atoms with Gasteiger partial charge in [0, 0.05) is 32.2 Å². The van der Waals surface area contributed by atoms with Crippen LogP contribution in [0.5, 0.6) is 0 Å². The molecule has 6 rings (SSSR count). The molecule has 4 aliphatic rings. The highest BCUT2D eigenvalue weighted by Gasteiger charge is 1.94. The van der Waals surface area contributed by atoms with E-state index in [0.717, 1.165) is 59.6 Å². The van der Waals surface area contributed by atoms with E-state index in [1.54, 1.807) is 11.3 Å². The second-order valence-electron chi connectivity index (χ2n) is 7.35. The molecule has 0 amide bonds. The smallest absolute Gasteiger partial charge is 0.0966 e. The van der Waals surface area contributed by atoms with E-state index >= 15 is 0 Å². The molecule has 8 nitrogen and oxygen atoms in total. The zero-order valence-electron chi connectivity index (χ0n) is 20.1. The maximum atomic E-state index is 5.08. The van der Waals surface area contributed by atoms with Crippen LogP contribution >= 0.6 is 11.3 Å². The fraction of sp³-hybridized carbons (Fsp3) is 0.667. The van der Waals surface area contributed by atoms with E-state index in [4.69, 9.17) is 14.2 Å². The van der Waals surface area contributed by atoms with E-state index in [0.29, 0.717) is 0 Å². The highest BCUT2D eigenvalue weighted by atomic mass is 32.1. The number of rotatable bonds is 0. The molecule has 0 radical (unpaired) electrons. The highest BCUT2D eigenvalue weighted by Crippen LogP contribution is 1.92. The van der Waals surface area contributed by atoms with Crippen molar-refractivity contribution in [2.75, 3.05) is 72.7 Å². The molecule has 6 heterocycles. The first-order valence-electron chi connectivity index (χ1n) is 12.1. The Balaban J connectivity index is 0.000000199. The predicted octanol–water partition coefficient (Wildman–Crippen LogP) is 2.99. The Kier molecular flexibility index (Phi) is 24.3. The third-order valence-corrected chi connectivity index (χ3v) is 5.08. The summed E-state index contributed by atoms with van der Waals surface area (Å²) in [5.41, 5.74) is 0. The molecule has 0 spiro atoms. The largest absolute Gasteiger partial charge is 0.368 e. The molecule has 0 unspecified atom stereocenters. The zero-order valence-corrected chi connectivity index (χ0v) is 20.9. The highest BCUT2D eigenvalue weighted by molar-refractivity contribution is 7.07. The van der Waals surface area contributed by atoms with Gasteiger partial charge >= 0.3 is 0 Å². The lowest BCUT2D eigenvalue weighted by Gasteiger charge is -2.10. The lowest BCUT2D eigenvalue weighted by atomic mass is 10.3. The zero-order chi connectivity index (χ0) is 23.3. The predicted molar refractivity (Wildman–Crippen MR) is 138 cm³/mol. The molecule has 4 fully saturated rings. The van der Waals surface area contributed by atoms with Gasteiger partial charge in [0.05, 0.1) is 26.8 Å². The van der Waals surface area contributed by atoms with E-state index in [9.17, 15) is 0 Å². The van der Waals surface area contributed by atoms with Crippen molar-refractivity contribution in [1.29, 1.82) is 0 Å². The van der Waals surface area contributed by atoms with Gasteiger partial charge in [0.1, 0.15) is 0 Å². The van der Waals surface area contributed by atoms with Crippen molar-refractivity contribution in [1.82, 2.24) is 26.3 Å². The van der Waals surface area contributed by atoms with Crippen molar-refractivity contribution in [2.45, 2.75) is 32.1 Å². The average Bonchev–Trinajstić information content (AvgIpc) is 3.72. The first-order valence-corrected chi connectivity index (χ1v) is 13.1. The Hall–Kier alpha value is -1.30. The number of thiophene rings is 1. The van der Waals surface area contributed by atoms with Crippen LogP contribution in [0.4, 0.5) is 0 Å². The second kappa shape index (κ2) is 26.9. The van der Waals surface area contributed by atoms with Gasteiger partial charge in [-0.3, -0.25) is 16.0 Å². The van der Waals surface area contributed by atoms with Gasteiger partial charge in [0.25, 0.3) is 0 Å². The minimum absolute atomic E-state index is 0.750. The van der Waals surface area contributed by atoms with Crippen LogP contribution in [0.15, 0.2) is 47.4 Å². The topological polar surface area (TPSA) is 91.6 Å². The van der Waals surface area contributed by atoms with Gasteiger partial charge in [0.2, 0.25) is 0 Å². The molecule has 9 heteroatoms. The van der Waals surface area contributed by atoms with Crippen molar-refractivity contribution in [3.8, 4) is 0 Å². The number of hydrogen-bond acceptors (Lipinski definition) is 8. The minimum atomic E-state index is 0.750. The molecule has 4 aliphatic heterocycles. The van der Waals surface area contributed by atoms with Crippen molar-refractivity contribution in [3.05, 3.63) is 47.4 Å². The van der Waals surface area contributed by atoms with Gasteiger partial charge < -0.3 is 24.5 Å². The summed E-state index contributed by atoms with van der Waals surface area (Å²) in [7, 11) is 0. The summed E-state index contributed by atoms with van der Waals surface area (Å²) in [5, 5.41) is 16.5. The van der Waals surface area contributed by atoms with E-state index < -0.39 is 0 Å². The SMILES string of the molecule is C1CCNC1.C1CCOCNC1.C1CNCOC1.C1COCN1.c1cc[nH]c1.c1ccsc1. The van der Waals surface area contributed by atoms with Crippen LogP contribution in [0.25, 0.3) is 0 Å². The van der Waals surface area contributed by atoms with Gasteiger partial charge in [-0.25, -0.2) is 0 Å². The summed E-state index contributed by atoms with van der Waals surface area (Å²) in [6.45, 7) is 10.8. The van der Waals surface area contributed by atoms with Crippen molar-refractivity contribution >= 4 is 11.3 Å². The molecule has 0 aromatic carbocycles. The summed E-state index contributed by atoms with van der Waals surface area (Å²) in [6, 6.07) is 7.93. The van der Waals surface area contributed by atoms with E-state index in [-0.39, 0.29) is 0 Å². The molecule has 0 saturated carbocycles. The second-order valence-corrected chi connectivity index (χ2v) is 8.17. The van der Waals surface area contributed by atoms with Crippen LogP contribution in [0.2, 0.25) is 0 Å². The molecule has 0 bridgehead atoms. The molecule has 2 aromatic heterocycles. The number of ether oxygens (including phenoxy) is 3. The van der Waals surface area contributed by atoms with Crippen molar-refractivity contribution < 1.29 is 14.2 Å². The van der Waals surface area contributed by atoms with Crippen LogP contribution in [-0.4, -0.2) is 77.7 Å². The molecule has 4 saturated heterocycles. The molecule has 5 N–H and O–H groups in total. The van der Waals surface area contributed by atoms with E-state index in [1.165, 1.54) is 45.2 Å². The standard InChI is InChI=1S/C5H11NO.C4H9NO.C4H9N.C4H5N.C4H4S.C3H7NO/c1-2-4-7-5-6-3-1;1-2-5-4-6-3-1;3*1-2-4-5-3-1;1-2-5-3-4-1/h6H,1-5H2;5H,1-4H2;5H,1-4H2;1-5H;1-4H;4H,1-3H2. The summed E-state index contributed by atoms with van der Waals surface area (Å²) < 4.78 is 14.9. The number of hydrogen-bond donors (Lipinski definition) is 5. The average molecular weight is 484 g/mol.